The van der Waals surface area contributed by atoms with Gasteiger partial charge in [-0.25, -0.2) is 0 Å². The van der Waals surface area contributed by atoms with Gasteiger partial charge in [-0.3, -0.25) is 0 Å². The predicted molar refractivity (Wildman–Crippen MR) is 75.3 cm³/mol. The Morgan fingerprint density at radius 1 is 1.05 bits per heavy atom. The van der Waals surface area contributed by atoms with E-state index in [2.05, 4.69) is 4.90 Å². The van der Waals surface area contributed by atoms with Gasteiger partial charge in [0.1, 0.15) is 0 Å². The Balaban J connectivity index is 1.60. The molecule has 0 spiro atoms. The van der Waals surface area contributed by atoms with Gasteiger partial charge in [0.05, 0.1) is 18.8 Å². The molecule has 0 aromatic carbocycles. The number of rotatable bonds is 5. The van der Waals surface area contributed by atoms with Crippen LogP contribution in [0.2, 0.25) is 0 Å². The van der Waals surface area contributed by atoms with Gasteiger partial charge in [-0.1, -0.05) is 19.3 Å². The van der Waals surface area contributed by atoms with Crippen molar-refractivity contribution in [2.75, 3.05) is 39.5 Å². The first-order valence-electron chi connectivity index (χ1n) is 7.94. The smallest absolute Gasteiger partial charge is 0.0900 e. The van der Waals surface area contributed by atoms with Crippen molar-refractivity contribution >= 4 is 0 Å². The summed E-state index contributed by atoms with van der Waals surface area (Å²) in [4.78, 5) is 2.40. The third-order valence-electron chi connectivity index (χ3n) is 4.11. The van der Waals surface area contributed by atoms with Crippen LogP contribution in [0.5, 0.6) is 0 Å². The summed E-state index contributed by atoms with van der Waals surface area (Å²) in [5.41, 5.74) is 0. The zero-order valence-electron chi connectivity index (χ0n) is 12.1. The van der Waals surface area contributed by atoms with Crippen LogP contribution in [0.3, 0.4) is 0 Å². The molecule has 1 atom stereocenters. The van der Waals surface area contributed by atoms with Crippen molar-refractivity contribution in [2.24, 2.45) is 0 Å². The maximum atomic E-state index is 10.1. The van der Waals surface area contributed by atoms with Gasteiger partial charge >= 0.3 is 0 Å². The fourth-order valence-electron chi connectivity index (χ4n) is 2.94. The summed E-state index contributed by atoms with van der Waals surface area (Å²) in [6, 6.07) is 0. The first-order valence-corrected chi connectivity index (χ1v) is 7.94. The minimum atomic E-state index is -0.345. The second-order valence-corrected chi connectivity index (χ2v) is 5.87. The molecule has 2 aliphatic rings. The molecule has 0 amide bonds. The molecule has 112 valence electrons. The van der Waals surface area contributed by atoms with Gasteiger partial charge in [0.15, 0.2) is 0 Å². The standard InChI is InChI=1S/C15H29NO3/c17-14(13-19-15-6-10-18-11-7-15)12-16-8-4-2-1-3-5-9-16/h14-15,17H,1-13H2. The summed E-state index contributed by atoms with van der Waals surface area (Å²) in [5.74, 6) is 0. The summed E-state index contributed by atoms with van der Waals surface area (Å²) in [6.07, 6.45) is 8.48. The molecule has 2 heterocycles. The van der Waals surface area contributed by atoms with E-state index in [1.165, 1.54) is 32.1 Å². The molecule has 4 nitrogen and oxygen atoms in total. The van der Waals surface area contributed by atoms with E-state index >= 15 is 0 Å². The van der Waals surface area contributed by atoms with E-state index < -0.39 is 0 Å². The molecule has 0 bridgehead atoms. The highest BCUT2D eigenvalue weighted by molar-refractivity contribution is 4.69. The quantitative estimate of drug-likeness (QED) is 0.828. The lowest BCUT2D eigenvalue weighted by Gasteiger charge is -2.28. The van der Waals surface area contributed by atoms with Crippen LogP contribution in [0, 0.1) is 0 Å². The Hall–Kier alpha value is -0.160. The van der Waals surface area contributed by atoms with E-state index in [-0.39, 0.29) is 12.2 Å². The van der Waals surface area contributed by atoms with E-state index in [9.17, 15) is 5.11 Å². The summed E-state index contributed by atoms with van der Waals surface area (Å²) in [5, 5.41) is 10.1. The molecule has 1 N–H and O–H groups in total. The predicted octanol–water partition coefficient (Wildman–Crippen LogP) is 1.81. The van der Waals surface area contributed by atoms with E-state index in [1.54, 1.807) is 0 Å². The minimum absolute atomic E-state index is 0.288. The van der Waals surface area contributed by atoms with Crippen LogP contribution >= 0.6 is 0 Å². The van der Waals surface area contributed by atoms with Crippen molar-refractivity contribution in [1.82, 2.24) is 4.90 Å². The number of aliphatic hydroxyl groups excluding tert-OH is 1. The fraction of sp³-hybridized carbons (Fsp3) is 1.00. The fourth-order valence-corrected chi connectivity index (χ4v) is 2.94. The highest BCUT2D eigenvalue weighted by Crippen LogP contribution is 2.13. The highest BCUT2D eigenvalue weighted by Gasteiger charge is 2.17. The Morgan fingerprint density at radius 2 is 1.68 bits per heavy atom. The molecule has 0 aromatic rings. The van der Waals surface area contributed by atoms with E-state index in [0.717, 1.165) is 45.7 Å². The van der Waals surface area contributed by atoms with Crippen molar-refractivity contribution < 1.29 is 14.6 Å². The zero-order valence-corrected chi connectivity index (χ0v) is 12.1. The van der Waals surface area contributed by atoms with Gasteiger partial charge in [0.2, 0.25) is 0 Å². The number of β-amino-alcohol motifs (C(OH)–C–C–N with tert-alkyl or cyclic N) is 1. The van der Waals surface area contributed by atoms with Crippen LogP contribution in [-0.2, 0) is 9.47 Å². The number of likely N-dealkylation sites (tertiary alicyclic amines) is 1. The lowest BCUT2D eigenvalue weighted by Crippen LogP contribution is -2.38. The monoisotopic (exact) mass is 271 g/mol. The normalized spacial score (nSPS) is 25.7. The van der Waals surface area contributed by atoms with Crippen molar-refractivity contribution in [3.05, 3.63) is 0 Å². The number of hydrogen-bond donors (Lipinski definition) is 1. The largest absolute Gasteiger partial charge is 0.389 e. The van der Waals surface area contributed by atoms with Crippen LogP contribution in [0.1, 0.15) is 44.9 Å². The first-order chi connectivity index (χ1) is 9.34. The Morgan fingerprint density at radius 3 is 2.37 bits per heavy atom. The van der Waals surface area contributed by atoms with E-state index in [0.29, 0.717) is 6.61 Å². The molecule has 4 heteroatoms. The molecule has 0 radical (unpaired) electrons. The molecule has 0 aromatic heterocycles. The molecule has 0 saturated carbocycles. The molecule has 0 aliphatic carbocycles. The van der Waals surface area contributed by atoms with Crippen LogP contribution in [-0.4, -0.2) is 61.7 Å². The molecule has 1 unspecified atom stereocenters. The first kappa shape index (κ1) is 15.2. The summed E-state index contributed by atoms with van der Waals surface area (Å²) in [6.45, 7) is 5.10. The van der Waals surface area contributed by atoms with Crippen LogP contribution in [0.4, 0.5) is 0 Å². The second kappa shape index (κ2) is 8.90. The SMILES string of the molecule is OC(COC1CCOCC1)CN1CCCCCCC1. The Kier molecular flexibility index (Phi) is 7.14. The van der Waals surface area contributed by atoms with Crippen molar-refractivity contribution in [3.8, 4) is 0 Å². The molecule has 2 rings (SSSR count). The Labute approximate surface area is 117 Å². The van der Waals surface area contributed by atoms with E-state index in [4.69, 9.17) is 9.47 Å². The lowest BCUT2D eigenvalue weighted by atomic mass is 10.1. The van der Waals surface area contributed by atoms with Crippen LogP contribution in [0.15, 0.2) is 0 Å². The maximum absolute atomic E-state index is 10.1. The topological polar surface area (TPSA) is 41.9 Å². The average molecular weight is 271 g/mol. The van der Waals surface area contributed by atoms with Gasteiger partial charge in [0, 0.05) is 19.8 Å². The summed E-state index contributed by atoms with van der Waals surface area (Å²) >= 11 is 0. The summed E-state index contributed by atoms with van der Waals surface area (Å²) < 4.78 is 11.1. The second-order valence-electron chi connectivity index (χ2n) is 5.87. The van der Waals surface area contributed by atoms with Crippen molar-refractivity contribution in [2.45, 2.75) is 57.2 Å². The molecular weight excluding hydrogens is 242 g/mol. The Bertz CT molecular complexity index is 223. The third kappa shape index (κ3) is 6.21. The van der Waals surface area contributed by atoms with Crippen LogP contribution in [0.25, 0.3) is 0 Å². The van der Waals surface area contributed by atoms with Gasteiger partial charge in [-0.15, -0.1) is 0 Å². The van der Waals surface area contributed by atoms with Gasteiger partial charge < -0.3 is 19.5 Å². The number of nitrogens with zero attached hydrogens (tertiary/aromatic N) is 1. The summed E-state index contributed by atoms with van der Waals surface area (Å²) in [7, 11) is 0. The molecule has 2 fully saturated rings. The van der Waals surface area contributed by atoms with E-state index in [1.807, 2.05) is 0 Å². The van der Waals surface area contributed by atoms with Gasteiger partial charge in [-0.05, 0) is 38.8 Å². The average Bonchev–Trinajstić information content (AvgIpc) is 2.41. The molecule has 2 aliphatic heterocycles. The van der Waals surface area contributed by atoms with Crippen molar-refractivity contribution in [3.63, 3.8) is 0 Å². The molecular formula is C15H29NO3. The number of aliphatic hydroxyl groups is 1. The van der Waals surface area contributed by atoms with Gasteiger partial charge in [-0.2, -0.15) is 0 Å². The third-order valence-corrected chi connectivity index (χ3v) is 4.11. The lowest BCUT2D eigenvalue weighted by molar-refractivity contribution is -0.0643. The highest BCUT2D eigenvalue weighted by atomic mass is 16.5. The molecule has 19 heavy (non-hydrogen) atoms. The molecule has 2 saturated heterocycles. The van der Waals surface area contributed by atoms with Gasteiger partial charge in [0.25, 0.3) is 0 Å². The van der Waals surface area contributed by atoms with Crippen LogP contribution < -0.4 is 0 Å². The minimum Gasteiger partial charge on any atom is -0.389 e. The number of hydrogen-bond acceptors (Lipinski definition) is 4. The van der Waals surface area contributed by atoms with Crippen molar-refractivity contribution in [1.29, 1.82) is 0 Å². The maximum Gasteiger partial charge on any atom is 0.0900 e. The number of ether oxygens (including phenoxy) is 2. The zero-order chi connectivity index (χ0) is 13.3.